The minimum absolute atomic E-state index is 0.269. The van der Waals surface area contributed by atoms with Gasteiger partial charge in [0, 0.05) is 0 Å². The Morgan fingerprint density at radius 2 is 1.00 bits per heavy atom. The molecule has 1 rings (SSSR count). The quantitative estimate of drug-likeness (QED) is 0.0168. The van der Waals surface area contributed by atoms with Gasteiger partial charge in [-0.1, -0.05) is 152 Å². The van der Waals surface area contributed by atoms with Gasteiger partial charge in [-0.15, -0.1) is 0 Å². The Bertz CT molecular complexity index is 1220. The normalized spacial score (nSPS) is 23.8. The molecule has 8 atom stereocenters. The molecule has 0 aromatic rings. The summed E-state index contributed by atoms with van der Waals surface area (Å²) in [5, 5.41) is 74.2. The van der Waals surface area contributed by atoms with E-state index in [2.05, 4.69) is 55.6 Å². The Hall–Kier alpha value is -1.74. The molecule has 0 heterocycles. The fraction of sp³-hybridized carbons (Fsp3) is 0.804. The molecular weight excluding hydrogens is 789 g/mol. The summed E-state index contributed by atoms with van der Waals surface area (Å²) in [6, 6.07) is -1.27. The van der Waals surface area contributed by atoms with Crippen molar-refractivity contribution in [3.8, 4) is 0 Å². The highest BCUT2D eigenvalue weighted by Gasteiger charge is 2.51. The predicted molar refractivity (Wildman–Crippen MR) is 238 cm³/mol. The SMILES string of the molecule is CCCC/C=C\CCCCCC(O)CC(=O)NC(COP(=O)(O)OC1C(O)C(O)C(O)C(O)C1O)C(O)/C=C/CC/C=C/CC/C=C/CCCCCCCCCCCCC. The molecule has 8 unspecified atom stereocenters. The molecule has 0 bridgehead atoms. The molecule has 0 aromatic carbocycles. The highest BCUT2D eigenvalue weighted by molar-refractivity contribution is 7.47. The molecule has 60 heavy (non-hydrogen) atoms. The summed E-state index contributed by atoms with van der Waals surface area (Å²) in [6.45, 7) is 3.65. The monoisotopic (exact) mass is 874 g/mol. The van der Waals surface area contributed by atoms with E-state index >= 15 is 0 Å². The van der Waals surface area contributed by atoms with Crippen molar-refractivity contribution in [2.75, 3.05) is 6.61 Å². The van der Waals surface area contributed by atoms with E-state index in [0.29, 0.717) is 19.3 Å². The van der Waals surface area contributed by atoms with Crippen LogP contribution < -0.4 is 5.32 Å². The van der Waals surface area contributed by atoms with Crippen molar-refractivity contribution in [1.82, 2.24) is 5.32 Å². The second-order valence-electron chi connectivity index (χ2n) is 16.4. The van der Waals surface area contributed by atoms with Gasteiger partial charge in [-0.3, -0.25) is 13.8 Å². The lowest BCUT2D eigenvalue weighted by Gasteiger charge is -2.41. The number of rotatable bonds is 37. The molecule has 1 aliphatic rings. The maximum absolute atomic E-state index is 12.9. The van der Waals surface area contributed by atoms with E-state index in [4.69, 9.17) is 9.05 Å². The van der Waals surface area contributed by atoms with Crippen LogP contribution in [-0.4, -0.2) is 108 Å². The van der Waals surface area contributed by atoms with E-state index in [1.54, 1.807) is 6.08 Å². The average Bonchev–Trinajstić information content (AvgIpc) is 3.22. The summed E-state index contributed by atoms with van der Waals surface area (Å²) < 4.78 is 22.8. The number of amides is 1. The largest absolute Gasteiger partial charge is 0.472 e. The molecule has 350 valence electrons. The minimum Gasteiger partial charge on any atom is -0.393 e. The Labute approximate surface area is 361 Å². The molecule has 1 fully saturated rings. The van der Waals surface area contributed by atoms with Crippen molar-refractivity contribution < 1.29 is 59.0 Å². The van der Waals surface area contributed by atoms with Gasteiger partial charge in [-0.25, -0.2) is 4.57 Å². The first-order valence-electron chi connectivity index (χ1n) is 23.2. The molecule has 13 nitrogen and oxygen atoms in total. The number of unbranched alkanes of at least 4 members (excludes halogenated alkanes) is 18. The fourth-order valence-electron chi connectivity index (χ4n) is 7.02. The second kappa shape index (κ2) is 35.7. The summed E-state index contributed by atoms with van der Waals surface area (Å²) in [4.78, 5) is 23.3. The molecule has 0 aromatic heterocycles. The lowest BCUT2D eigenvalue weighted by molar-refractivity contribution is -0.220. The second-order valence-corrected chi connectivity index (χ2v) is 17.8. The van der Waals surface area contributed by atoms with Crippen molar-refractivity contribution in [3.63, 3.8) is 0 Å². The third-order valence-electron chi connectivity index (χ3n) is 10.9. The van der Waals surface area contributed by atoms with Crippen LogP contribution in [0.3, 0.4) is 0 Å². The first-order valence-corrected chi connectivity index (χ1v) is 24.7. The highest BCUT2D eigenvalue weighted by atomic mass is 31.2. The zero-order valence-corrected chi connectivity index (χ0v) is 37.8. The maximum atomic E-state index is 12.9. The number of aliphatic hydroxyl groups is 7. The van der Waals surface area contributed by atoms with Gasteiger partial charge in [-0.2, -0.15) is 0 Å². The van der Waals surface area contributed by atoms with Crippen molar-refractivity contribution in [3.05, 3.63) is 48.6 Å². The number of phosphoric acid groups is 1. The van der Waals surface area contributed by atoms with E-state index in [9.17, 15) is 50.0 Å². The van der Waals surface area contributed by atoms with Gasteiger partial charge in [0.05, 0.1) is 31.3 Å². The molecule has 1 saturated carbocycles. The fourth-order valence-corrected chi connectivity index (χ4v) is 7.98. The molecule has 0 saturated heterocycles. The Morgan fingerprint density at radius 1 is 0.583 bits per heavy atom. The van der Waals surface area contributed by atoms with Crippen molar-refractivity contribution >= 4 is 13.7 Å². The zero-order valence-electron chi connectivity index (χ0n) is 36.9. The number of aliphatic hydroxyl groups excluding tert-OH is 7. The number of nitrogens with one attached hydrogen (secondary N) is 1. The van der Waals surface area contributed by atoms with Gasteiger partial charge in [0.15, 0.2) is 0 Å². The van der Waals surface area contributed by atoms with Crippen LogP contribution in [0.2, 0.25) is 0 Å². The third-order valence-corrected chi connectivity index (χ3v) is 11.8. The van der Waals surface area contributed by atoms with Crippen LogP contribution in [0.1, 0.15) is 174 Å². The van der Waals surface area contributed by atoms with Gasteiger partial charge in [0.1, 0.15) is 36.6 Å². The highest BCUT2D eigenvalue weighted by Crippen LogP contribution is 2.47. The number of hydrogen-bond acceptors (Lipinski definition) is 11. The van der Waals surface area contributed by atoms with Crippen molar-refractivity contribution in [1.29, 1.82) is 0 Å². The first kappa shape index (κ1) is 56.3. The van der Waals surface area contributed by atoms with Crippen LogP contribution in [0.5, 0.6) is 0 Å². The average molecular weight is 874 g/mol. The van der Waals surface area contributed by atoms with Gasteiger partial charge < -0.3 is 46.0 Å². The Kier molecular flexibility index (Phi) is 33.5. The molecule has 0 spiro atoms. The summed E-state index contributed by atoms with van der Waals surface area (Å²) in [7, 11) is -5.15. The zero-order chi connectivity index (χ0) is 44.4. The Balaban J connectivity index is 2.57. The van der Waals surface area contributed by atoms with Crippen molar-refractivity contribution in [2.24, 2.45) is 0 Å². The summed E-state index contributed by atoms with van der Waals surface area (Å²) in [6.07, 6.45) is 28.0. The van der Waals surface area contributed by atoms with E-state index in [0.717, 1.165) is 57.8 Å². The predicted octanol–water partition coefficient (Wildman–Crippen LogP) is 7.53. The molecular formula is C46H84NO12P. The van der Waals surface area contributed by atoms with E-state index < -0.39 is 75.2 Å². The number of allylic oxidation sites excluding steroid dienone is 7. The third kappa shape index (κ3) is 27.3. The smallest absolute Gasteiger partial charge is 0.393 e. The van der Waals surface area contributed by atoms with E-state index in [1.165, 1.54) is 83.1 Å². The van der Waals surface area contributed by atoms with Crippen LogP contribution in [0, 0.1) is 0 Å². The van der Waals surface area contributed by atoms with Crippen LogP contribution in [0.4, 0.5) is 0 Å². The van der Waals surface area contributed by atoms with Crippen LogP contribution in [-0.2, 0) is 18.4 Å². The number of carbonyl (C=O) groups is 1. The van der Waals surface area contributed by atoms with Gasteiger partial charge >= 0.3 is 7.82 Å². The number of hydrogen-bond donors (Lipinski definition) is 9. The summed E-state index contributed by atoms with van der Waals surface area (Å²) in [5.41, 5.74) is 0. The lowest BCUT2D eigenvalue weighted by Crippen LogP contribution is -2.64. The van der Waals surface area contributed by atoms with E-state index in [-0.39, 0.29) is 6.42 Å². The standard InChI is InChI=1S/C46H84NO12P/c1-3-5-7-9-11-13-14-15-16-17-18-19-20-21-22-23-24-26-28-30-32-34-39(49)38(47-40(50)35-37(48)33-31-29-27-25-12-10-8-6-4-2)36-58-60(56,57)59-46-44(54)42(52)41(51)43(53)45(46)55/h10,12,20-21,24,26,32,34,37-39,41-46,48-49,51-55H,3-9,11,13-19,22-23,25,27-31,33,35-36H2,1-2H3,(H,47,50)(H,56,57)/b12-10-,21-20+,26-24+,34-32+. The van der Waals surface area contributed by atoms with Gasteiger partial charge in [0.25, 0.3) is 0 Å². The molecule has 0 aliphatic heterocycles. The van der Waals surface area contributed by atoms with Crippen LogP contribution in [0.25, 0.3) is 0 Å². The maximum Gasteiger partial charge on any atom is 0.472 e. The summed E-state index contributed by atoms with van der Waals surface area (Å²) in [5.74, 6) is -0.620. The number of phosphoric ester groups is 1. The molecule has 9 N–H and O–H groups in total. The topological polar surface area (TPSA) is 226 Å². The molecule has 0 radical (unpaired) electrons. The Morgan fingerprint density at radius 3 is 1.52 bits per heavy atom. The van der Waals surface area contributed by atoms with Crippen molar-refractivity contribution in [2.45, 2.75) is 229 Å². The molecule has 1 aliphatic carbocycles. The lowest BCUT2D eigenvalue weighted by atomic mass is 9.85. The van der Waals surface area contributed by atoms with Gasteiger partial charge in [-0.05, 0) is 64.2 Å². The van der Waals surface area contributed by atoms with E-state index in [1.807, 2.05) is 0 Å². The minimum atomic E-state index is -5.15. The van der Waals surface area contributed by atoms with Crippen LogP contribution in [0.15, 0.2) is 48.6 Å². The summed E-state index contributed by atoms with van der Waals surface area (Å²) >= 11 is 0. The van der Waals surface area contributed by atoms with Crippen LogP contribution >= 0.6 is 7.82 Å². The first-order chi connectivity index (χ1) is 28.8. The number of carbonyl (C=O) groups excluding carboxylic acids is 1. The van der Waals surface area contributed by atoms with Gasteiger partial charge in [0.2, 0.25) is 5.91 Å². The molecule has 14 heteroatoms. The molecule has 1 amide bonds.